The van der Waals surface area contributed by atoms with Gasteiger partial charge in [-0.2, -0.15) is 0 Å². The highest BCUT2D eigenvalue weighted by Crippen LogP contribution is 2.30. The molecule has 0 saturated carbocycles. The van der Waals surface area contributed by atoms with Gasteiger partial charge < -0.3 is 5.32 Å². The van der Waals surface area contributed by atoms with Crippen LogP contribution in [-0.4, -0.2) is 29.6 Å². The van der Waals surface area contributed by atoms with E-state index in [2.05, 4.69) is 37.9 Å². The molecule has 1 saturated heterocycles. The normalized spacial score (nSPS) is 22.4. The molecule has 0 spiro atoms. The molecule has 2 nitrogen and oxygen atoms in total. The van der Waals surface area contributed by atoms with Crippen molar-refractivity contribution in [2.24, 2.45) is 0 Å². The average Bonchev–Trinajstić information content (AvgIpc) is 2.51. The molecule has 0 bridgehead atoms. The SMILES string of the molecule is CCC1CN(Cc2cc(F)ccc2C)C(CC)(CC)CN1. The van der Waals surface area contributed by atoms with Gasteiger partial charge in [-0.3, -0.25) is 4.90 Å². The third kappa shape index (κ3) is 3.46. The molecule has 1 N–H and O–H groups in total. The Kier molecular flexibility index (Phi) is 5.39. The van der Waals surface area contributed by atoms with Gasteiger partial charge in [0.15, 0.2) is 0 Å². The molecule has 1 atom stereocenters. The lowest BCUT2D eigenvalue weighted by molar-refractivity contribution is 0.0236. The van der Waals surface area contributed by atoms with Gasteiger partial charge in [-0.1, -0.05) is 26.8 Å². The Morgan fingerprint density at radius 3 is 2.62 bits per heavy atom. The van der Waals surface area contributed by atoms with E-state index >= 15 is 0 Å². The van der Waals surface area contributed by atoms with Crippen molar-refractivity contribution in [1.82, 2.24) is 10.2 Å². The zero-order valence-corrected chi connectivity index (χ0v) is 13.9. The van der Waals surface area contributed by atoms with E-state index in [0.29, 0.717) is 6.04 Å². The first kappa shape index (κ1) is 16.4. The quantitative estimate of drug-likeness (QED) is 0.886. The van der Waals surface area contributed by atoms with Crippen molar-refractivity contribution >= 4 is 0 Å². The Labute approximate surface area is 128 Å². The van der Waals surface area contributed by atoms with E-state index in [9.17, 15) is 4.39 Å². The number of benzene rings is 1. The number of nitrogens with zero attached hydrogens (tertiary/aromatic N) is 1. The van der Waals surface area contributed by atoms with Gasteiger partial charge in [0, 0.05) is 31.2 Å². The summed E-state index contributed by atoms with van der Waals surface area (Å²) >= 11 is 0. The highest BCUT2D eigenvalue weighted by atomic mass is 19.1. The first-order valence-corrected chi connectivity index (χ1v) is 8.28. The third-order valence-electron chi connectivity index (χ3n) is 5.31. The van der Waals surface area contributed by atoms with Crippen LogP contribution in [0.2, 0.25) is 0 Å². The molecule has 1 aliphatic rings. The monoisotopic (exact) mass is 292 g/mol. The Bertz CT molecular complexity index is 468. The summed E-state index contributed by atoms with van der Waals surface area (Å²) in [4.78, 5) is 2.58. The topological polar surface area (TPSA) is 15.3 Å². The molecule has 1 aliphatic heterocycles. The summed E-state index contributed by atoms with van der Waals surface area (Å²) in [5.41, 5.74) is 2.51. The number of nitrogens with one attached hydrogen (secondary N) is 1. The van der Waals surface area contributed by atoms with Crippen LogP contribution in [-0.2, 0) is 6.54 Å². The Morgan fingerprint density at radius 2 is 2.00 bits per heavy atom. The van der Waals surface area contributed by atoms with Crippen LogP contribution in [0.1, 0.15) is 51.2 Å². The summed E-state index contributed by atoms with van der Waals surface area (Å²) < 4.78 is 13.6. The Balaban J connectivity index is 2.25. The third-order valence-corrected chi connectivity index (χ3v) is 5.31. The average molecular weight is 292 g/mol. The largest absolute Gasteiger partial charge is 0.311 e. The highest BCUT2D eigenvalue weighted by Gasteiger charge is 2.38. The molecule has 1 heterocycles. The first-order chi connectivity index (χ1) is 10.0. The van der Waals surface area contributed by atoms with Crippen LogP contribution < -0.4 is 5.32 Å². The summed E-state index contributed by atoms with van der Waals surface area (Å²) in [5.74, 6) is -0.128. The van der Waals surface area contributed by atoms with Crippen molar-refractivity contribution < 1.29 is 4.39 Å². The molecule has 1 unspecified atom stereocenters. The fourth-order valence-corrected chi connectivity index (χ4v) is 3.44. The standard InChI is InChI=1S/C18H29FN2/c1-5-17-12-21(18(6-2,7-3)13-20-17)11-15-10-16(19)9-8-14(15)4/h8-10,17,20H,5-7,11-13H2,1-4H3. The lowest BCUT2D eigenvalue weighted by Crippen LogP contribution is -2.63. The molecule has 21 heavy (non-hydrogen) atoms. The number of hydrogen-bond acceptors (Lipinski definition) is 2. The van der Waals surface area contributed by atoms with Crippen LogP contribution in [0.5, 0.6) is 0 Å². The number of piperazine rings is 1. The van der Waals surface area contributed by atoms with Gasteiger partial charge in [0.25, 0.3) is 0 Å². The second-order valence-corrected chi connectivity index (χ2v) is 6.37. The van der Waals surface area contributed by atoms with Crippen molar-refractivity contribution in [2.45, 2.75) is 65.1 Å². The minimum absolute atomic E-state index is 0.128. The number of rotatable bonds is 5. The van der Waals surface area contributed by atoms with Crippen LogP contribution in [0.4, 0.5) is 4.39 Å². The van der Waals surface area contributed by atoms with Crippen LogP contribution in [0, 0.1) is 12.7 Å². The van der Waals surface area contributed by atoms with E-state index < -0.39 is 0 Å². The molecule has 1 aromatic rings. The zero-order chi connectivity index (χ0) is 15.5. The van der Waals surface area contributed by atoms with Crippen molar-refractivity contribution in [3.05, 3.63) is 35.1 Å². The number of hydrogen-bond donors (Lipinski definition) is 1. The summed E-state index contributed by atoms with van der Waals surface area (Å²) in [7, 11) is 0. The van der Waals surface area contributed by atoms with Crippen LogP contribution in [0.15, 0.2) is 18.2 Å². The van der Waals surface area contributed by atoms with Gasteiger partial charge in [-0.25, -0.2) is 4.39 Å². The van der Waals surface area contributed by atoms with E-state index in [0.717, 1.165) is 44.5 Å². The molecule has 3 heteroatoms. The number of aryl methyl sites for hydroxylation is 1. The summed E-state index contributed by atoms with van der Waals surface area (Å²) in [5, 5.41) is 3.69. The Hall–Kier alpha value is -0.930. The molecular formula is C18H29FN2. The summed E-state index contributed by atoms with van der Waals surface area (Å²) in [6.45, 7) is 11.8. The lowest BCUT2D eigenvalue weighted by atomic mass is 9.86. The molecule has 1 fully saturated rings. The van der Waals surface area contributed by atoms with Crippen molar-refractivity contribution in [3.63, 3.8) is 0 Å². The fraction of sp³-hybridized carbons (Fsp3) is 0.667. The van der Waals surface area contributed by atoms with E-state index in [1.807, 2.05) is 6.07 Å². The van der Waals surface area contributed by atoms with Gasteiger partial charge in [-0.15, -0.1) is 0 Å². The van der Waals surface area contributed by atoms with Gasteiger partial charge in [0.2, 0.25) is 0 Å². The molecule has 1 aromatic carbocycles. The molecule has 0 amide bonds. The second kappa shape index (κ2) is 6.89. The zero-order valence-electron chi connectivity index (χ0n) is 13.9. The highest BCUT2D eigenvalue weighted by molar-refractivity contribution is 5.27. The number of halogens is 1. The smallest absolute Gasteiger partial charge is 0.123 e. The van der Waals surface area contributed by atoms with Crippen LogP contribution >= 0.6 is 0 Å². The molecule has 0 aliphatic carbocycles. The summed E-state index contributed by atoms with van der Waals surface area (Å²) in [6.07, 6.45) is 3.39. The maximum absolute atomic E-state index is 13.6. The minimum Gasteiger partial charge on any atom is -0.311 e. The molecular weight excluding hydrogens is 263 g/mol. The van der Waals surface area contributed by atoms with Crippen molar-refractivity contribution in [3.8, 4) is 0 Å². The van der Waals surface area contributed by atoms with E-state index in [4.69, 9.17) is 0 Å². The van der Waals surface area contributed by atoms with Crippen molar-refractivity contribution in [2.75, 3.05) is 13.1 Å². The lowest BCUT2D eigenvalue weighted by Gasteiger charge is -2.50. The minimum atomic E-state index is -0.128. The fourth-order valence-electron chi connectivity index (χ4n) is 3.44. The second-order valence-electron chi connectivity index (χ2n) is 6.37. The van der Waals surface area contributed by atoms with Gasteiger partial charge in [0.05, 0.1) is 0 Å². The van der Waals surface area contributed by atoms with E-state index in [1.165, 1.54) is 5.56 Å². The molecule has 0 radical (unpaired) electrons. The predicted molar refractivity (Wildman–Crippen MR) is 86.9 cm³/mol. The van der Waals surface area contributed by atoms with E-state index in [-0.39, 0.29) is 11.4 Å². The molecule has 2 rings (SSSR count). The van der Waals surface area contributed by atoms with Crippen LogP contribution in [0.25, 0.3) is 0 Å². The first-order valence-electron chi connectivity index (χ1n) is 8.28. The van der Waals surface area contributed by atoms with Gasteiger partial charge in [-0.05, 0) is 49.4 Å². The van der Waals surface area contributed by atoms with Crippen LogP contribution in [0.3, 0.4) is 0 Å². The van der Waals surface area contributed by atoms with E-state index in [1.54, 1.807) is 12.1 Å². The Morgan fingerprint density at radius 1 is 1.29 bits per heavy atom. The van der Waals surface area contributed by atoms with Gasteiger partial charge >= 0.3 is 0 Å². The maximum atomic E-state index is 13.6. The molecule has 0 aromatic heterocycles. The predicted octanol–water partition coefficient (Wildman–Crippen LogP) is 3.88. The maximum Gasteiger partial charge on any atom is 0.123 e. The molecule has 118 valence electrons. The van der Waals surface area contributed by atoms with Gasteiger partial charge in [0.1, 0.15) is 5.82 Å². The summed E-state index contributed by atoms with van der Waals surface area (Å²) in [6, 6.07) is 5.70. The van der Waals surface area contributed by atoms with Crippen molar-refractivity contribution in [1.29, 1.82) is 0 Å².